The van der Waals surface area contributed by atoms with E-state index < -0.39 is 0 Å². The maximum atomic E-state index is 4.49. The molecule has 2 aliphatic carbocycles. The fraction of sp³-hybridized carbons (Fsp3) is 0.500. The molecule has 0 amide bonds. The molecule has 0 aliphatic heterocycles. The number of rotatable bonds is 2. The van der Waals surface area contributed by atoms with E-state index in [9.17, 15) is 0 Å². The molecule has 2 nitrogen and oxygen atoms in total. The van der Waals surface area contributed by atoms with Gasteiger partial charge < -0.3 is 0 Å². The minimum atomic E-state index is 0.717. The Bertz CT molecular complexity index is 514. The van der Waals surface area contributed by atoms with E-state index in [1.54, 1.807) is 18.0 Å². The number of hydrogen-bond donors (Lipinski definition) is 0. The van der Waals surface area contributed by atoms with Gasteiger partial charge in [0.2, 0.25) is 0 Å². The van der Waals surface area contributed by atoms with Crippen molar-refractivity contribution in [1.82, 2.24) is 9.97 Å². The zero-order valence-corrected chi connectivity index (χ0v) is 11.2. The standard InChI is InChI=1S/C16H20N2/c1-3-11-9-12(4-2)14-10-16-15(6-5-13(11)14)17-7-8-18-16/h5,7-8,10-12H,3-4,6,9H2,1-2H3. The molecule has 3 rings (SSSR count). The van der Waals surface area contributed by atoms with Gasteiger partial charge in [-0.25, -0.2) is 0 Å². The Morgan fingerprint density at radius 1 is 1.06 bits per heavy atom. The molecule has 1 saturated carbocycles. The third-order valence-corrected chi connectivity index (χ3v) is 4.38. The molecular weight excluding hydrogens is 220 g/mol. The highest BCUT2D eigenvalue weighted by atomic mass is 14.8. The quantitative estimate of drug-likeness (QED) is 0.785. The molecule has 1 aromatic rings. The highest BCUT2D eigenvalue weighted by Gasteiger charge is 2.32. The number of allylic oxidation sites excluding steroid dienone is 3. The summed E-state index contributed by atoms with van der Waals surface area (Å²) in [5, 5.41) is 0. The molecule has 0 saturated heterocycles. The van der Waals surface area contributed by atoms with Crippen LogP contribution in [0.5, 0.6) is 0 Å². The van der Waals surface area contributed by atoms with Crippen molar-refractivity contribution in [2.45, 2.75) is 39.5 Å². The first kappa shape index (κ1) is 11.6. The summed E-state index contributed by atoms with van der Waals surface area (Å²) in [6, 6.07) is 0. The topological polar surface area (TPSA) is 25.8 Å². The summed E-state index contributed by atoms with van der Waals surface area (Å²) in [5.74, 6) is 1.46. The third-order valence-electron chi connectivity index (χ3n) is 4.38. The van der Waals surface area contributed by atoms with Gasteiger partial charge in [0, 0.05) is 18.8 Å². The van der Waals surface area contributed by atoms with Gasteiger partial charge in [-0.15, -0.1) is 0 Å². The molecule has 2 atom stereocenters. The van der Waals surface area contributed by atoms with Gasteiger partial charge in [0.1, 0.15) is 0 Å². The van der Waals surface area contributed by atoms with Crippen LogP contribution in [0.4, 0.5) is 0 Å². The van der Waals surface area contributed by atoms with E-state index in [1.165, 1.54) is 24.8 Å². The minimum Gasteiger partial charge on any atom is -0.257 e. The first-order chi connectivity index (χ1) is 8.83. The summed E-state index contributed by atoms with van der Waals surface area (Å²) >= 11 is 0. The second-order valence-electron chi connectivity index (χ2n) is 5.30. The van der Waals surface area contributed by atoms with Crippen molar-refractivity contribution >= 4 is 6.08 Å². The van der Waals surface area contributed by atoms with Crippen LogP contribution in [0.25, 0.3) is 6.08 Å². The number of nitrogens with zero attached hydrogens (tertiary/aromatic N) is 2. The summed E-state index contributed by atoms with van der Waals surface area (Å²) in [6.45, 7) is 4.60. The second-order valence-corrected chi connectivity index (χ2v) is 5.30. The lowest BCUT2D eigenvalue weighted by Gasteiger charge is -2.08. The van der Waals surface area contributed by atoms with E-state index in [0.29, 0.717) is 5.92 Å². The van der Waals surface area contributed by atoms with Gasteiger partial charge in [0.05, 0.1) is 11.4 Å². The molecule has 18 heavy (non-hydrogen) atoms. The number of hydrogen-bond acceptors (Lipinski definition) is 2. The van der Waals surface area contributed by atoms with Crippen LogP contribution in [-0.2, 0) is 6.42 Å². The third kappa shape index (κ3) is 1.80. The van der Waals surface area contributed by atoms with Crippen molar-refractivity contribution in [3.8, 4) is 0 Å². The van der Waals surface area contributed by atoms with Gasteiger partial charge in [-0.05, 0) is 48.3 Å². The Balaban J connectivity index is 2.08. The molecule has 2 unspecified atom stereocenters. The zero-order valence-electron chi connectivity index (χ0n) is 11.2. The van der Waals surface area contributed by atoms with Crippen molar-refractivity contribution in [2.24, 2.45) is 11.8 Å². The molecule has 0 bridgehead atoms. The Morgan fingerprint density at radius 2 is 1.78 bits per heavy atom. The number of fused-ring (bicyclic) bond motifs is 2. The fourth-order valence-corrected chi connectivity index (χ4v) is 3.34. The van der Waals surface area contributed by atoms with Gasteiger partial charge >= 0.3 is 0 Å². The normalized spacial score (nSPS) is 25.9. The van der Waals surface area contributed by atoms with E-state index >= 15 is 0 Å². The SMILES string of the molecule is CCC1CC(CC)C2=Cc3nccnc3CC=C21. The van der Waals surface area contributed by atoms with Crippen LogP contribution >= 0.6 is 0 Å². The van der Waals surface area contributed by atoms with Crippen LogP contribution in [0.1, 0.15) is 44.5 Å². The largest absolute Gasteiger partial charge is 0.257 e. The molecule has 2 aliphatic rings. The van der Waals surface area contributed by atoms with E-state index in [4.69, 9.17) is 0 Å². The summed E-state index contributed by atoms with van der Waals surface area (Å²) in [7, 11) is 0. The van der Waals surface area contributed by atoms with Crippen LogP contribution in [0.3, 0.4) is 0 Å². The molecule has 0 N–H and O–H groups in total. The Morgan fingerprint density at radius 3 is 2.56 bits per heavy atom. The molecule has 1 fully saturated rings. The molecular formula is C16H20N2. The lowest BCUT2D eigenvalue weighted by Crippen LogP contribution is -1.98. The van der Waals surface area contributed by atoms with Gasteiger partial charge in [-0.3, -0.25) is 9.97 Å². The first-order valence-corrected chi connectivity index (χ1v) is 7.05. The summed E-state index contributed by atoms with van der Waals surface area (Å²) < 4.78 is 0. The van der Waals surface area contributed by atoms with Crippen molar-refractivity contribution in [2.75, 3.05) is 0 Å². The van der Waals surface area contributed by atoms with Crippen molar-refractivity contribution < 1.29 is 0 Å². The van der Waals surface area contributed by atoms with Crippen molar-refractivity contribution in [3.05, 3.63) is 41.0 Å². The lowest BCUT2D eigenvalue weighted by atomic mass is 9.97. The first-order valence-electron chi connectivity index (χ1n) is 7.05. The zero-order chi connectivity index (χ0) is 12.5. The van der Waals surface area contributed by atoms with Gasteiger partial charge in [0.25, 0.3) is 0 Å². The fourth-order valence-electron chi connectivity index (χ4n) is 3.34. The summed E-state index contributed by atoms with van der Waals surface area (Å²) in [6.07, 6.45) is 13.0. The van der Waals surface area contributed by atoms with E-state index in [2.05, 4.69) is 36.0 Å². The van der Waals surface area contributed by atoms with E-state index in [1.807, 2.05) is 0 Å². The predicted molar refractivity (Wildman–Crippen MR) is 74.0 cm³/mol. The van der Waals surface area contributed by atoms with Gasteiger partial charge in [0.15, 0.2) is 0 Å². The average molecular weight is 240 g/mol. The van der Waals surface area contributed by atoms with E-state index in [0.717, 1.165) is 23.7 Å². The van der Waals surface area contributed by atoms with Gasteiger partial charge in [-0.2, -0.15) is 0 Å². The van der Waals surface area contributed by atoms with Crippen LogP contribution in [0, 0.1) is 11.8 Å². The van der Waals surface area contributed by atoms with Crippen LogP contribution in [0.15, 0.2) is 29.6 Å². The number of aromatic nitrogens is 2. The van der Waals surface area contributed by atoms with Crippen LogP contribution in [-0.4, -0.2) is 9.97 Å². The monoisotopic (exact) mass is 240 g/mol. The molecule has 0 radical (unpaired) electrons. The second kappa shape index (κ2) is 4.68. The van der Waals surface area contributed by atoms with Gasteiger partial charge in [-0.1, -0.05) is 19.9 Å². The lowest BCUT2D eigenvalue weighted by molar-refractivity contribution is 0.505. The molecule has 2 heteroatoms. The Kier molecular flexibility index (Phi) is 3.02. The smallest absolute Gasteiger partial charge is 0.0851 e. The highest BCUT2D eigenvalue weighted by molar-refractivity contribution is 5.62. The maximum Gasteiger partial charge on any atom is 0.0851 e. The molecule has 0 aromatic carbocycles. The van der Waals surface area contributed by atoms with Crippen molar-refractivity contribution in [3.63, 3.8) is 0 Å². The minimum absolute atomic E-state index is 0.717. The highest BCUT2D eigenvalue weighted by Crippen LogP contribution is 2.45. The predicted octanol–water partition coefficient (Wildman–Crippen LogP) is 3.80. The Hall–Kier alpha value is -1.44. The van der Waals surface area contributed by atoms with Crippen molar-refractivity contribution in [1.29, 1.82) is 0 Å². The molecule has 1 heterocycles. The van der Waals surface area contributed by atoms with E-state index in [-0.39, 0.29) is 0 Å². The average Bonchev–Trinajstić information content (AvgIpc) is 2.63. The maximum absolute atomic E-state index is 4.49. The summed E-state index contributed by atoms with van der Waals surface area (Å²) in [4.78, 5) is 8.94. The molecule has 0 spiro atoms. The molecule has 94 valence electrons. The molecule has 1 aromatic heterocycles. The summed E-state index contributed by atoms with van der Waals surface area (Å²) in [5.41, 5.74) is 5.30. The van der Waals surface area contributed by atoms with Crippen LogP contribution in [0.2, 0.25) is 0 Å². The Labute approximate surface area is 109 Å². The van der Waals surface area contributed by atoms with Crippen LogP contribution < -0.4 is 0 Å².